The van der Waals surface area contributed by atoms with Gasteiger partial charge in [0.05, 0.1) is 33.5 Å². The van der Waals surface area contributed by atoms with Crippen LogP contribution in [0.1, 0.15) is 44.9 Å². The molecule has 9 heteroatoms. The highest BCUT2D eigenvalue weighted by atomic mass is 16.6. The van der Waals surface area contributed by atoms with Gasteiger partial charge in [0.15, 0.2) is 17.6 Å². The van der Waals surface area contributed by atoms with Crippen molar-refractivity contribution in [3.63, 3.8) is 0 Å². The number of carbonyl (C=O) groups is 1. The van der Waals surface area contributed by atoms with E-state index in [4.69, 9.17) is 23.7 Å². The number of nitrogens with zero attached hydrogens (tertiary/aromatic N) is 3. The van der Waals surface area contributed by atoms with Crippen LogP contribution in [0.4, 0.5) is 0 Å². The number of carbonyl (C=O) groups excluding carboxylic acids is 1. The fraction of sp³-hybridized carbons (Fsp3) is 0.303. The SMILES string of the molecule is COC(=O)c1c(C#N)nc(C)n1[C@@H]1O[C@H](COCc2ccccc2)[C@@H](OCc2ccccc2)[C@@H]1OCc1ccccc1. The van der Waals surface area contributed by atoms with Crippen molar-refractivity contribution < 1.29 is 28.5 Å². The highest BCUT2D eigenvalue weighted by Crippen LogP contribution is 2.37. The van der Waals surface area contributed by atoms with Crippen molar-refractivity contribution in [1.29, 1.82) is 5.26 Å². The van der Waals surface area contributed by atoms with E-state index in [1.807, 2.05) is 97.1 Å². The molecule has 0 radical (unpaired) electrons. The minimum absolute atomic E-state index is 0.00322. The number of benzene rings is 3. The zero-order valence-electron chi connectivity index (χ0n) is 23.6. The molecule has 0 N–H and O–H groups in total. The summed E-state index contributed by atoms with van der Waals surface area (Å²) >= 11 is 0. The standard InChI is InChI=1S/C33H33N3O6/c1-23-35-27(18-34)29(33(37)38-2)36(23)32-31(41-21-26-16-10-5-11-17-26)30(40-20-25-14-8-4-9-15-25)28(42-32)22-39-19-24-12-6-3-7-13-24/h3-17,28,30-32H,19-22H2,1-2H3/t28-,30-,31+,32-/m1/s1. The average Bonchev–Trinajstić information content (AvgIpc) is 3.55. The van der Waals surface area contributed by atoms with Crippen molar-refractivity contribution in [2.45, 2.75) is 51.3 Å². The monoisotopic (exact) mass is 567 g/mol. The van der Waals surface area contributed by atoms with Gasteiger partial charge in [-0.25, -0.2) is 9.78 Å². The van der Waals surface area contributed by atoms with Crippen LogP contribution in [0.5, 0.6) is 0 Å². The van der Waals surface area contributed by atoms with E-state index in [2.05, 4.69) is 4.98 Å². The first-order chi connectivity index (χ1) is 20.6. The third-order valence-corrected chi connectivity index (χ3v) is 7.08. The summed E-state index contributed by atoms with van der Waals surface area (Å²) < 4.78 is 32.3. The Morgan fingerprint density at radius 2 is 1.38 bits per heavy atom. The molecule has 1 aromatic heterocycles. The van der Waals surface area contributed by atoms with Gasteiger partial charge in [0, 0.05) is 0 Å². The molecule has 4 atom stereocenters. The van der Waals surface area contributed by atoms with Crippen molar-refractivity contribution >= 4 is 5.97 Å². The van der Waals surface area contributed by atoms with Crippen molar-refractivity contribution in [2.24, 2.45) is 0 Å². The summed E-state index contributed by atoms with van der Waals surface area (Å²) in [7, 11) is 1.26. The van der Waals surface area contributed by atoms with E-state index in [1.54, 1.807) is 11.5 Å². The zero-order valence-corrected chi connectivity index (χ0v) is 23.6. The lowest BCUT2D eigenvalue weighted by Crippen LogP contribution is -2.38. The second-order valence-corrected chi connectivity index (χ2v) is 9.92. The predicted octanol–water partition coefficient (Wildman–Crippen LogP) is 5.13. The highest BCUT2D eigenvalue weighted by Gasteiger charge is 2.49. The molecule has 0 saturated carbocycles. The van der Waals surface area contributed by atoms with Gasteiger partial charge in [0.2, 0.25) is 0 Å². The van der Waals surface area contributed by atoms with Gasteiger partial charge < -0.3 is 23.7 Å². The lowest BCUT2D eigenvalue weighted by Gasteiger charge is -2.26. The predicted molar refractivity (Wildman–Crippen MR) is 153 cm³/mol. The van der Waals surface area contributed by atoms with E-state index in [0.29, 0.717) is 19.0 Å². The number of nitriles is 1. The van der Waals surface area contributed by atoms with Crippen LogP contribution in [0.3, 0.4) is 0 Å². The zero-order chi connectivity index (χ0) is 29.3. The third kappa shape index (κ3) is 6.75. The van der Waals surface area contributed by atoms with Crippen LogP contribution in [0.25, 0.3) is 0 Å². The molecule has 42 heavy (non-hydrogen) atoms. The van der Waals surface area contributed by atoms with Crippen LogP contribution in [0, 0.1) is 18.3 Å². The van der Waals surface area contributed by atoms with Gasteiger partial charge in [-0.05, 0) is 23.6 Å². The number of aromatic nitrogens is 2. The Balaban J connectivity index is 1.48. The van der Waals surface area contributed by atoms with Crippen LogP contribution in [-0.4, -0.2) is 47.5 Å². The molecule has 4 aromatic rings. The number of ether oxygens (including phenoxy) is 5. The second-order valence-electron chi connectivity index (χ2n) is 9.92. The maximum absolute atomic E-state index is 12.9. The van der Waals surface area contributed by atoms with Crippen LogP contribution < -0.4 is 0 Å². The molecule has 216 valence electrons. The molecule has 0 unspecified atom stereocenters. The summed E-state index contributed by atoms with van der Waals surface area (Å²) in [5, 5.41) is 9.75. The van der Waals surface area contributed by atoms with E-state index in [-0.39, 0.29) is 24.6 Å². The average molecular weight is 568 g/mol. The van der Waals surface area contributed by atoms with Crippen molar-refractivity contribution in [3.05, 3.63) is 125 Å². The Kier molecular flexibility index (Phi) is 9.74. The minimum Gasteiger partial charge on any atom is -0.464 e. The van der Waals surface area contributed by atoms with Gasteiger partial charge in [0.25, 0.3) is 0 Å². The molecule has 5 rings (SSSR count). The molecule has 1 saturated heterocycles. The highest BCUT2D eigenvalue weighted by molar-refractivity contribution is 5.90. The van der Waals surface area contributed by atoms with Crippen molar-refractivity contribution in [3.8, 4) is 6.07 Å². The number of esters is 1. The largest absolute Gasteiger partial charge is 0.464 e. The number of hydrogen-bond donors (Lipinski definition) is 0. The molecule has 0 aliphatic carbocycles. The van der Waals surface area contributed by atoms with E-state index in [9.17, 15) is 10.1 Å². The Hall–Kier alpha value is -4.33. The molecular formula is C33H33N3O6. The quantitative estimate of drug-likeness (QED) is 0.217. The Labute approximate surface area is 245 Å². The summed E-state index contributed by atoms with van der Waals surface area (Å²) in [5.41, 5.74) is 2.95. The number of imidazole rings is 1. The van der Waals surface area contributed by atoms with Gasteiger partial charge in [-0.2, -0.15) is 5.26 Å². The number of aryl methyl sites for hydroxylation is 1. The van der Waals surface area contributed by atoms with Crippen LogP contribution >= 0.6 is 0 Å². The topological polar surface area (TPSA) is 105 Å². The van der Waals surface area contributed by atoms with Crippen molar-refractivity contribution in [1.82, 2.24) is 9.55 Å². The molecule has 0 spiro atoms. The summed E-state index contributed by atoms with van der Waals surface area (Å²) in [5.74, 6) is -0.277. The summed E-state index contributed by atoms with van der Waals surface area (Å²) in [6.07, 6.45) is -2.65. The van der Waals surface area contributed by atoms with Crippen LogP contribution in [0.15, 0.2) is 91.0 Å². The van der Waals surface area contributed by atoms with Crippen molar-refractivity contribution in [2.75, 3.05) is 13.7 Å². The smallest absolute Gasteiger partial charge is 0.357 e. The Morgan fingerprint density at radius 1 is 0.857 bits per heavy atom. The van der Waals surface area contributed by atoms with E-state index >= 15 is 0 Å². The Bertz CT molecular complexity index is 1490. The summed E-state index contributed by atoms with van der Waals surface area (Å²) in [6.45, 7) is 2.91. The van der Waals surface area contributed by atoms with E-state index in [1.165, 1.54) is 7.11 Å². The first-order valence-corrected chi connectivity index (χ1v) is 13.7. The molecule has 2 heterocycles. The molecule has 0 bridgehead atoms. The molecule has 1 aliphatic heterocycles. The van der Waals surface area contributed by atoms with Crippen LogP contribution in [0.2, 0.25) is 0 Å². The maximum Gasteiger partial charge on any atom is 0.357 e. The first kappa shape index (κ1) is 29.2. The molecule has 1 aliphatic rings. The minimum atomic E-state index is -0.844. The number of hydrogen-bond acceptors (Lipinski definition) is 8. The molecular weight excluding hydrogens is 534 g/mol. The summed E-state index contributed by atoms with van der Waals surface area (Å²) in [6, 6.07) is 31.5. The summed E-state index contributed by atoms with van der Waals surface area (Å²) in [4.78, 5) is 17.2. The van der Waals surface area contributed by atoms with Gasteiger partial charge in [0.1, 0.15) is 30.2 Å². The lowest BCUT2D eigenvalue weighted by molar-refractivity contribution is -0.0920. The molecule has 3 aromatic carbocycles. The normalized spacial score (nSPS) is 19.8. The maximum atomic E-state index is 12.9. The van der Waals surface area contributed by atoms with Gasteiger partial charge >= 0.3 is 5.97 Å². The first-order valence-electron chi connectivity index (χ1n) is 13.7. The number of rotatable bonds is 12. The lowest BCUT2D eigenvalue weighted by atomic mass is 10.1. The van der Waals surface area contributed by atoms with E-state index in [0.717, 1.165) is 16.7 Å². The molecule has 0 amide bonds. The second kappa shape index (κ2) is 14.0. The number of methoxy groups -OCH3 is 1. The third-order valence-electron chi connectivity index (χ3n) is 7.08. The Morgan fingerprint density at radius 3 is 1.90 bits per heavy atom. The van der Waals surface area contributed by atoms with E-state index < -0.39 is 30.5 Å². The van der Waals surface area contributed by atoms with Crippen LogP contribution in [-0.2, 0) is 43.5 Å². The molecule has 9 nitrogen and oxygen atoms in total. The van der Waals surface area contributed by atoms with Gasteiger partial charge in [-0.15, -0.1) is 0 Å². The molecule has 1 fully saturated rings. The fourth-order valence-electron chi connectivity index (χ4n) is 5.06. The van der Waals surface area contributed by atoms with Gasteiger partial charge in [-0.1, -0.05) is 91.0 Å². The van der Waals surface area contributed by atoms with Gasteiger partial charge in [-0.3, -0.25) is 4.57 Å². The fourth-order valence-corrected chi connectivity index (χ4v) is 5.06.